The van der Waals surface area contributed by atoms with Crippen LogP contribution in [0.5, 0.6) is 46.0 Å². The zero-order chi connectivity index (χ0) is 85.0. The van der Waals surface area contributed by atoms with E-state index in [9.17, 15) is 87.6 Å². The molecule has 0 atom stereocenters. The predicted octanol–water partition coefficient (Wildman–Crippen LogP) is -2.19. The monoisotopic (exact) mass is 1790 g/mol. The van der Waals surface area contributed by atoms with Gasteiger partial charge in [-0.15, -0.1) is 22.7 Å². The van der Waals surface area contributed by atoms with Gasteiger partial charge in [0, 0.05) is 98.0 Å². The van der Waals surface area contributed by atoms with E-state index in [1.165, 1.54) is 9.58 Å². The summed E-state index contributed by atoms with van der Waals surface area (Å²) in [5.41, 5.74) is 10.4. The molecule has 9 aromatic carbocycles. The maximum atomic E-state index is 11.6. The average Bonchev–Trinajstić information content (AvgIpc) is 1.54. The second-order valence-corrected chi connectivity index (χ2v) is 31.4. The van der Waals surface area contributed by atoms with Crippen LogP contribution in [0.1, 0.15) is 89.0 Å². The minimum Gasteiger partial charge on any atom is -0.546 e. The quantitative estimate of drug-likeness (QED) is 0.0379. The van der Waals surface area contributed by atoms with Gasteiger partial charge < -0.3 is 104 Å². The summed E-state index contributed by atoms with van der Waals surface area (Å²) in [7, 11) is -1.22. The van der Waals surface area contributed by atoms with Gasteiger partial charge >= 0.3 is 119 Å². The van der Waals surface area contributed by atoms with Crippen molar-refractivity contribution in [2.75, 3.05) is 77.9 Å². The molecule has 0 spiro atoms. The summed E-state index contributed by atoms with van der Waals surface area (Å²) in [4.78, 5) is 98.2. The first-order valence-corrected chi connectivity index (χ1v) is 41.7. The van der Waals surface area contributed by atoms with Crippen molar-refractivity contribution >= 4 is 102 Å². The Hall–Kier alpha value is -10.1. The predicted molar refractivity (Wildman–Crippen MR) is 441 cm³/mol. The molecular weight excluding hydrogens is 1700 g/mol. The van der Waals surface area contributed by atoms with Gasteiger partial charge in [-0.05, 0) is 113 Å². The second-order valence-electron chi connectivity index (χ2n) is 26.5. The largest absolute Gasteiger partial charge is 1.00 e. The van der Waals surface area contributed by atoms with E-state index in [4.69, 9.17) is 37.9 Å². The Morgan fingerprint density at radius 1 is 0.309 bits per heavy atom. The number of para-hydroxylation sites is 9. The van der Waals surface area contributed by atoms with Gasteiger partial charge in [0.05, 0.1) is 33.0 Å². The first kappa shape index (κ1) is 105. The SMILES string of the molecule is CS(C)=O.CS(C)=O.O.O.O=C([O-])COc1c2cccc1Cc1cccc(c1OCC(=O)O)Cc1cccc(c1OCC(=O)O)Cc1cccc(c1OCC(=O)O)C2.O=C([O-])COc1c2cccc1Cc1cccc(c1OCC(=O)O)Cc1cccc(c1OCC(=O)O)Cc1cccc(c1OCC(=O)[O-])C2.[Na+].[Na+].[Na+].c1csc(-c2nc3ccccc3s2)c1. The van der Waals surface area contributed by atoms with Crippen molar-refractivity contribution in [3.05, 3.63) is 276 Å². The number of aromatic nitrogens is 1. The molecule has 2 aliphatic rings. The van der Waals surface area contributed by atoms with Crippen molar-refractivity contribution in [1.29, 1.82) is 0 Å². The molecule has 0 fully saturated rings. The molecular formula is C87H84NNa3O28S4. The van der Waals surface area contributed by atoms with Crippen LogP contribution in [0.2, 0.25) is 0 Å². The second kappa shape index (κ2) is 52.5. The van der Waals surface area contributed by atoms with Gasteiger partial charge in [0.2, 0.25) is 0 Å². The summed E-state index contributed by atoms with van der Waals surface area (Å²) in [5.74, 6) is -7.97. The molecule has 16 bridgehead atoms. The molecule has 2 aliphatic carbocycles. The third-order valence-corrected chi connectivity index (χ3v) is 19.3. The van der Waals surface area contributed by atoms with E-state index >= 15 is 0 Å². The standard InChI is InChI=1S/2C36H32O12.C11H7NS2.2C2H6OS.3Na.2H2O/c2*37-29(38)17-45-33-21-5-1-6-22(33)14-24-8-3-10-26(35(24)47-19-31(41)42)16-28-12-4-11-27(36(28)48-20-32(43)44)15-25-9-2-7-23(13-21)34(25)46-18-30(39)40;1-2-5-9-8(4-1)12-11(14-9)10-6-3-7-13-10;2*1-4(2)3;;;;;/h2*1-12H,13-20H2,(H,37,38)(H,39,40)(H,41,42)(H,43,44);1-7H;2*1-2H3;;;;2*1H2/q;;;;;3*+1;;/p-3. The van der Waals surface area contributed by atoms with E-state index < -0.39 is 122 Å². The van der Waals surface area contributed by atoms with Crippen molar-refractivity contribution in [3.63, 3.8) is 0 Å². The van der Waals surface area contributed by atoms with Crippen LogP contribution >= 0.6 is 22.7 Å². The van der Waals surface area contributed by atoms with Crippen molar-refractivity contribution in [1.82, 2.24) is 4.98 Å². The van der Waals surface area contributed by atoms with E-state index in [1.807, 2.05) is 6.07 Å². The Labute approximate surface area is 786 Å². The van der Waals surface area contributed by atoms with Crippen LogP contribution in [-0.4, -0.2) is 176 Å². The van der Waals surface area contributed by atoms with Gasteiger partial charge in [0.15, 0.2) is 33.0 Å². The molecule has 0 saturated heterocycles. The van der Waals surface area contributed by atoms with Crippen molar-refractivity contribution in [2.45, 2.75) is 51.4 Å². The first-order chi connectivity index (χ1) is 56.6. The third kappa shape index (κ3) is 32.5. The number of rotatable bonds is 25. The number of nitrogens with zero attached hydrogens (tertiary/aromatic N) is 1. The number of ether oxygens (including phenoxy) is 8. The van der Waals surface area contributed by atoms with E-state index in [-0.39, 0.29) is 168 Å². The number of carboxylic acids is 8. The summed E-state index contributed by atoms with van der Waals surface area (Å²) in [6, 6.07) is 54.8. The number of benzene rings is 9. The smallest absolute Gasteiger partial charge is 0.546 e. The van der Waals surface area contributed by atoms with Crippen molar-refractivity contribution in [2.24, 2.45) is 0 Å². The molecule has 9 N–H and O–H groups in total. The third-order valence-electron chi connectivity index (χ3n) is 17.2. The van der Waals surface area contributed by atoms with Gasteiger partial charge in [-0.2, -0.15) is 0 Å². The Bertz CT molecular complexity index is 4480. The molecule has 2 aromatic heterocycles. The van der Waals surface area contributed by atoms with Crippen LogP contribution in [-0.2, 0) is 111 Å². The minimum atomic E-state index is -1.44. The average molecular weight is 1790 g/mol. The summed E-state index contributed by atoms with van der Waals surface area (Å²) in [6.45, 7) is -5.38. The zero-order valence-electron chi connectivity index (χ0n) is 68.1. The molecule has 11 aromatic rings. The normalized spacial score (nSPS) is 11.2. The van der Waals surface area contributed by atoms with E-state index in [0.29, 0.717) is 118 Å². The van der Waals surface area contributed by atoms with Crippen LogP contribution in [0.15, 0.2) is 187 Å². The molecule has 0 amide bonds. The molecule has 36 heteroatoms. The number of fused-ring (bicyclic) bond motifs is 17. The molecule has 632 valence electrons. The van der Waals surface area contributed by atoms with Crippen LogP contribution in [0.25, 0.3) is 20.1 Å². The maximum Gasteiger partial charge on any atom is 1.00 e. The molecule has 0 aliphatic heterocycles. The Morgan fingerprint density at radius 3 is 0.659 bits per heavy atom. The van der Waals surface area contributed by atoms with Crippen LogP contribution < -0.4 is 142 Å². The number of thiazole rings is 1. The molecule has 29 nitrogen and oxygen atoms in total. The number of thiophene rings is 1. The number of carboxylic acid groups (broad SMARTS) is 8. The van der Waals surface area contributed by atoms with Crippen molar-refractivity contribution in [3.8, 4) is 55.9 Å². The van der Waals surface area contributed by atoms with Gasteiger partial charge in [0.25, 0.3) is 0 Å². The summed E-state index contributed by atoms with van der Waals surface area (Å²) in [6.07, 6.45) is 7.80. The summed E-state index contributed by atoms with van der Waals surface area (Å²) < 4.78 is 67.0. The summed E-state index contributed by atoms with van der Waals surface area (Å²) >= 11 is 3.49. The topological polar surface area (TPSA) is 491 Å². The molecule has 123 heavy (non-hydrogen) atoms. The van der Waals surface area contributed by atoms with Crippen LogP contribution in [0.3, 0.4) is 0 Å². The fraction of sp³-hybridized carbons (Fsp3) is 0.230. The molecule has 0 unspecified atom stereocenters. The Morgan fingerprint density at radius 2 is 0.496 bits per heavy atom. The van der Waals surface area contributed by atoms with Gasteiger partial charge in [-0.1, -0.05) is 164 Å². The van der Waals surface area contributed by atoms with Gasteiger partial charge in [-0.3, -0.25) is 8.42 Å². The first-order valence-electron chi connectivity index (χ1n) is 36.0. The Balaban J connectivity index is 0.000000399. The van der Waals surface area contributed by atoms with E-state index in [1.54, 1.807) is 193 Å². The molecule has 0 saturated carbocycles. The van der Waals surface area contributed by atoms with Gasteiger partial charge in [0.1, 0.15) is 70.8 Å². The van der Waals surface area contributed by atoms with Crippen molar-refractivity contribution < 1.29 is 225 Å². The molecule has 13 rings (SSSR count). The summed E-state index contributed by atoms with van der Waals surface area (Å²) in [5, 5.41) is 85.0. The van der Waals surface area contributed by atoms with E-state index in [2.05, 4.69) is 40.7 Å². The molecule has 2 heterocycles. The Kier molecular flexibility index (Phi) is 45.0. The fourth-order valence-corrected chi connectivity index (χ4v) is 14.7. The molecule has 0 radical (unpaired) electrons. The minimum absolute atomic E-state index is 0. The fourth-order valence-electron chi connectivity index (χ4n) is 12.9. The number of carbonyl (C=O) groups is 8. The number of aliphatic carboxylic acids is 8. The van der Waals surface area contributed by atoms with Crippen LogP contribution in [0, 0.1) is 0 Å². The zero-order valence-corrected chi connectivity index (χ0v) is 77.4. The van der Waals surface area contributed by atoms with Gasteiger partial charge in [-0.25, -0.2) is 29.0 Å². The maximum absolute atomic E-state index is 11.6. The number of hydrogen-bond donors (Lipinski definition) is 5. The van der Waals surface area contributed by atoms with E-state index in [0.717, 1.165) is 10.5 Å². The van der Waals surface area contributed by atoms with Crippen LogP contribution in [0.4, 0.5) is 0 Å². The number of carbonyl (C=O) groups excluding carboxylic acids is 3. The number of hydrogen-bond acceptors (Lipinski definition) is 24.